The highest BCUT2D eigenvalue weighted by atomic mass is 16.5. The highest BCUT2D eigenvalue weighted by Gasteiger charge is 2.04. The Morgan fingerprint density at radius 3 is 2.73 bits per heavy atom. The molecule has 0 radical (unpaired) electrons. The fourth-order valence-electron chi connectivity index (χ4n) is 1.10. The number of ether oxygens (including phenoxy) is 1. The van der Waals surface area contributed by atoms with E-state index in [9.17, 15) is 9.59 Å². The van der Waals surface area contributed by atoms with Gasteiger partial charge in [-0.1, -0.05) is 12.1 Å². The quantitative estimate of drug-likeness (QED) is 0.774. The van der Waals surface area contributed by atoms with Crippen molar-refractivity contribution in [2.24, 2.45) is 0 Å². The zero-order chi connectivity index (χ0) is 11.3. The number of amides is 1. The molecule has 4 heteroatoms. The van der Waals surface area contributed by atoms with Crippen LogP contribution in [0.2, 0.25) is 0 Å². The first kappa shape index (κ1) is 11.2. The van der Waals surface area contributed by atoms with Crippen molar-refractivity contribution in [3.05, 3.63) is 29.8 Å². The molecule has 80 valence electrons. The molecule has 0 saturated heterocycles. The van der Waals surface area contributed by atoms with E-state index in [1.807, 2.05) is 0 Å². The maximum Gasteiger partial charge on any atom is 0.411 e. The Hall–Kier alpha value is -1.84. The highest BCUT2D eigenvalue weighted by Crippen LogP contribution is 2.11. The molecule has 0 spiro atoms. The molecule has 0 saturated carbocycles. The van der Waals surface area contributed by atoms with Crippen molar-refractivity contribution in [1.29, 1.82) is 0 Å². The van der Waals surface area contributed by atoms with Gasteiger partial charge in [0.05, 0.1) is 6.61 Å². The molecule has 0 atom stereocenters. The molecule has 15 heavy (non-hydrogen) atoms. The molecule has 1 amide bonds. The molecular weight excluding hydrogens is 194 g/mol. The second kappa shape index (κ2) is 5.14. The van der Waals surface area contributed by atoms with Crippen LogP contribution in [0.3, 0.4) is 0 Å². The lowest BCUT2D eigenvalue weighted by atomic mass is 10.1. The van der Waals surface area contributed by atoms with E-state index in [0.29, 0.717) is 17.9 Å². The first-order valence-electron chi connectivity index (χ1n) is 4.68. The zero-order valence-electron chi connectivity index (χ0n) is 8.74. The third-order valence-corrected chi connectivity index (χ3v) is 1.79. The molecule has 0 heterocycles. The SMILES string of the molecule is CCOC(=O)Nc1cccc(C(C)=O)c1. The maximum absolute atomic E-state index is 11.1. The summed E-state index contributed by atoms with van der Waals surface area (Å²) in [5.41, 5.74) is 1.12. The second-order valence-corrected chi connectivity index (χ2v) is 2.98. The molecule has 0 aliphatic carbocycles. The van der Waals surface area contributed by atoms with Crippen LogP contribution in [-0.4, -0.2) is 18.5 Å². The van der Waals surface area contributed by atoms with Gasteiger partial charge in [-0.05, 0) is 26.0 Å². The van der Waals surface area contributed by atoms with Crippen molar-refractivity contribution in [3.8, 4) is 0 Å². The van der Waals surface area contributed by atoms with Crippen LogP contribution in [0.25, 0.3) is 0 Å². The average molecular weight is 207 g/mol. The summed E-state index contributed by atoms with van der Waals surface area (Å²) in [4.78, 5) is 22.1. The van der Waals surface area contributed by atoms with Crippen LogP contribution in [0.5, 0.6) is 0 Å². The molecule has 0 fully saturated rings. The lowest BCUT2D eigenvalue weighted by Crippen LogP contribution is -2.13. The molecule has 4 nitrogen and oxygen atoms in total. The Kier molecular flexibility index (Phi) is 3.85. The Labute approximate surface area is 88.2 Å². The summed E-state index contributed by atoms with van der Waals surface area (Å²) >= 11 is 0. The predicted octanol–water partition coefficient (Wildman–Crippen LogP) is 2.46. The number of carbonyl (C=O) groups excluding carboxylic acids is 2. The third kappa shape index (κ3) is 3.42. The first-order valence-corrected chi connectivity index (χ1v) is 4.68. The molecule has 1 N–H and O–H groups in total. The van der Waals surface area contributed by atoms with Gasteiger partial charge in [0, 0.05) is 11.3 Å². The predicted molar refractivity (Wildman–Crippen MR) is 57.1 cm³/mol. The summed E-state index contributed by atoms with van der Waals surface area (Å²) < 4.78 is 4.71. The van der Waals surface area contributed by atoms with E-state index < -0.39 is 6.09 Å². The third-order valence-electron chi connectivity index (χ3n) is 1.79. The minimum absolute atomic E-state index is 0.0393. The van der Waals surface area contributed by atoms with Crippen molar-refractivity contribution < 1.29 is 14.3 Å². The van der Waals surface area contributed by atoms with Gasteiger partial charge in [0.15, 0.2) is 5.78 Å². The van der Waals surface area contributed by atoms with Gasteiger partial charge >= 0.3 is 6.09 Å². The van der Waals surface area contributed by atoms with Crippen molar-refractivity contribution in [3.63, 3.8) is 0 Å². The number of hydrogen-bond acceptors (Lipinski definition) is 3. The van der Waals surface area contributed by atoms with E-state index in [2.05, 4.69) is 5.32 Å². The summed E-state index contributed by atoms with van der Waals surface area (Å²) in [5, 5.41) is 2.52. The van der Waals surface area contributed by atoms with Crippen molar-refractivity contribution in [2.45, 2.75) is 13.8 Å². The van der Waals surface area contributed by atoms with Crippen LogP contribution in [0.15, 0.2) is 24.3 Å². The largest absolute Gasteiger partial charge is 0.450 e. The van der Waals surface area contributed by atoms with Gasteiger partial charge in [-0.15, -0.1) is 0 Å². The average Bonchev–Trinajstić information content (AvgIpc) is 2.18. The van der Waals surface area contributed by atoms with Crippen LogP contribution < -0.4 is 5.32 Å². The standard InChI is InChI=1S/C11H13NO3/c1-3-15-11(14)12-10-6-4-5-9(7-10)8(2)13/h4-7H,3H2,1-2H3,(H,12,14). The van der Waals surface area contributed by atoms with Gasteiger partial charge in [0.2, 0.25) is 0 Å². The molecule has 0 aromatic heterocycles. The van der Waals surface area contributed by atoms with E-state index in [0.717, 1.165) is 0 Å². The van der Waals surface area contributed by atoms with E-state index in [4.69, 9.17) is 4.74 Å². The summed E-state index contributed by atoms with van der Waals surface area (Å²) in [6.45, 7) is 3.52. The molecular formula is C11H13NO3. The molecule has 1 rings (SSSR count). The minimum Gasteiger partial charge on any atom is -0.450 e. The number of hydrogen-bond donors (Lipinski definition) is 1. The number of carbonyl (C=O) groups is 2. The Bertz CT molecular complexity index is 374. The molecule has 0 aliphatic rings. The number of anilines is 1. The zero-order valence-corrected chi connectivity index (χ0v) is 8.74. The number of Topliss-reactive ketones (excluding diaryl/α,β-unsaturated/α-hetero) is 1. The van der Waals surface area contributed by atoms with Gasteiger partial charge in [0.25, 0.3) is 0 Å². The summed E-state index contributed by atoms with van der Waals surface area (Å²) in [6, 6.07) is 6.71. The summed E-state index contributed by atoms with van der Waals surface area (Å²) in [7, 11) is 0. The lowest BCUT2D eigenvalue weighted by Gasteiger charge is -2.05. The smallest absolute Gasteiger partial charge is 0.411 e. The lowest BCUT2D eigenvalue weighted by molar-refractivity contribution is 0.101. The summed E-state index contributed by atoms with van der Waals surface area (Å²) in [5.74, 6) is -0.0393. The Morgan fingerprint density at radius 1 is 1.40 bits per heavy atom. The minimum atomic E-state index is -0.516. The number of nitrogens with one attached hydrogen (secondary N) is 1. The van der Waals surface area contributed by atoms with Crippen LogP contribution in [0, 0.1) is 0 Å². The second-order valence-electron chi connectivity index (χ2n) is 2.98. The van der Waals surface area contributed by atoms with Gasteiger partial charge in [-0.2, -0.15) is 0 Å². The Balaban J connectivity index is 2.73. The van der Waals surface area contributed by atoms with Crippen LogP contribution in [0.4, 0.5) is 10.5 Å². The van der Waals surface area contributed by atoms with E-state index in [-0.39, 0.29) is 5.78 Å². The fourth-order valence-corrected chi connectivity index (χ4v) is 1.10. The molecule has 1 aromatic rings. The van der Waals surface area contributed by atoms with Crippen molar-refractivity contribution in [2.75, 3.05) is 11.9 Å². The Morgan fingerprint density at radius 2 is 2.13 bits per heavy atom. The molecule has 1 aromatic carbocycles. The van der Waals surface area contributed by atoms with Crippen LogP contribution >= 0.6 is 0 Å². The monoisotopic (exact) mass is 207 g/mol. The normalized spacial score (nSPS) is 9.47. The molecule has 0 unspecified atom stereocenters. The van der Waals surface area contributed by atoms with Crippen molar-refractivity contribution in [1.82, 2.24) is 0 Å². The fraction of sp³-hybridized carbons (Fsp3) is 0.273. The first-order chi connectivity index (χ1) is 7.13. The van der Waals surface area contributed by atoms with Gasteiger partial charge in [-0.25, -0.2) is 4.79 Å². The van der Waals surface area contributed by atoms with E-state index in [1.165, 1.54) is 6.92 Å². The van der Waals surface area contributed by atoms with E-state index >= 15 is 0 Å². The topological polar surface area (TPSA) is 55.4 Å². The van der Waals surface area contributed by atoms with Crippen LogP contribution in [0.1, 0.15) is 24.2 Å². The molecule has 0 bridgehead atoms. The van der Waals surface area contributed by atoms with Gasteiger partial charge in [0.1, 0.15) is 0 Å². The number of benzene rings is 1. The van der Waals surface area contributed by atoms with Gasteiger partial charge < -0.3 is 4.74 Å². The highest BCUT2D eigenvalue weighted by molar-refractivity contribution is 5.96. The number of rotatable bonds is 3. The van der Waals surface area contributed by atoms with Gasteiger partial charge in [-0.3, -0.25) is 10.1 Å². The molecule has 0 aliphatic heterocycles. The summed E-state index contributed by atoms with van der Waals surface area (Å²) in [6.07, 6.45) is -0.516. The van der Waals surface area contributed by atoms with E-state index in [1.54, 1.807) is 31.2 Å². The van der Waals surface area contributed by atoms with Crippen LogP contribution in [-0.2, 0) is 4.74 Å². The van der Waals surface area contributed by atoms with Crippen molar-refractivity contribution >= 4 is 17.6 Å². The maximum atomic E-state index is 11.1. The number of ketones is 1.